The van der Waals surface area contributed by atoms with E-state index in [1.54, 1.807) is 29.6 Å². The Kier molecular flexibility index (Phi) is 8.48. The molecule has 2 heterocycles. The molecule has 0 atom stereocenters. The van der Waals surface area contributed by atoms with Gasteiger partial charge in [0.15, 0.2) is 11.5 Å². The van der Waals surface area contributed by atoms with Crippen molar-refractivity contribution in [2.45, 2.75) is 6.92 Å². The normalized spacial score (nSPS) is 11.3. The van der Waals surface area contributed by atoms with Gasteiger partial charge < -0.3 is 19.5 Å². The minimum atomic E-state index is 0.000345. The van der Waals surface area contributed by atoms with Crippen molar-refractivity contribution in [2.75, 3.05) is 54.2 Å². The minimum Gasteiger partial charge on any atom is -0.439 e. The van der Waals surface area contributed by atoms with Crippen molar-refractivity contribution in [3.8, 4) is 0 Å². The van der Waals surface area contributed by atoms with Crippen LogP contribution in [0.2, 0.25) is 0 Å². The van der Waals surface area contributed by atoms with Gasteiger partial charge in [-0.25, -0.2) is 0 Å². The number of aliphatic hydroxyl groups excluding tert-OH is 2. The van der Waals surface area contributed by atoms with Crippen molar-refractivity contribution in [3.05, 3.63) is 27.2 Å². The first-order valence-electron chi connectivity index (χ1n) is 7.81. The topological polar surface area (TPSA) is 73.9 Å². The SMILES string of the molecule is Cc1csc2c(=O)cc(N(CCSCCO)CCSCCO)oc12. The predicted octanol–water partition coefficient (Wildman–Crippen LogP) is 2.42. The van der Waals surface area contributed by atoms with Gasteiger partial charge in [0.25, 0.3) is 0 Å². The quantitative estimate of drug-likeness (QED) is 0.572. The van der Waals surface area contributed by atoms with Gasteiger partial charge in [-0.1, -0.05) is 0 Å². The maximum absolute atomic E-state index is 12.3. The fraction of sp³-hybridized carbons (Fsp3) is 0.562. The lowest BCUT2D eigenvalue weighted by molar-refractivity contribution is 0.322. The fourth-order valence-electron chi connectivity index (χ4n) is 2.21. The number of nitrogens with zero attached hydrogens (tertiary/aromatic N) is 1. The molecular formula is C16H23NO4S3. The van der Waals surface area contributed by atoms with E-state index in [4.69, 9.17) is 14.6 Å². The van der Waals surface area contributed by atoms with Crippen molar-refractivity contribution in [2.24, 2.45) is 0 Å². The van der Waals surface area contributed by atoms with Gasteiger partial charge in [0.05, 0.1) is 13.2 Å². The van der Waals surface area contributed by atoms with E-state index in [1.165, 1.54) is 11.3 Å². The van der Waals surface area contributed by atoms with Crippen molar-refractivity contribution in [1.29, 1.82) is 0 Å². The summed E-state index contributed by atoms with van der Waals surface area (Å²) in [6, 6.07) is 1.58. The summed E-state index contributed by atoms with van der Waals surface area (Å²) >= 11 is 4.77. The van der Waals surface area contributed by atoms with Gasteiger partial charge >= 0.3 is 0 Å². The zero-order valence-electron chi connectivity index (χ0n) is 13.7. The Morgan fingerprint density at radius 2 is 1.75 bits per heavy atom. The van der Waals surface area contributed by atoms with Crippen LogP contribution in [-0.2, 0) is 0 Å². The summed E-state index contributed by atoms with van der Waals surface area (Å²) in [5.74, 6) is 3.73. The van der Waals surface area contributed by atoms with E-state index in [2.05, 4.69) is 4.90 Å². The number of aliphatic hydroxyl groups is 2. The first kappa shape index (κ1) is 19.7. The summed E-state index contributed by atoms with van der Waals surface area (Å²) in [5.41, 5.74) is 1.66. The van der Waals surface area contributed by atoms with E-state index in [9.17, 15) is 4.79 Å². The summed E-state index contributed by atoms with van der Waals surface area (Å²) in [4.78, 5) is 14.4. The Labute approximate surface area is 154 Å². The highest BCUT2D eigenvalue weighted by atomic mass is 32.2. The average molecular weight is 390 g/mol. The van der Waals surface area contributed by atoms with E-state index in [0.29, 0.717) is 27.7 Å². The van der Waals surface area contributed by atoms with Crippen LogP contribution in [-0.4, -0.2) is 59.5 Å². The van der Waals surface area contributed by atoms with Crippen LogP contribution in [0.15, 0.2) is 20.7 Å². The maximum Gasteiger partial charge on any atom is 0.204 e. The van der Waals surface area contributed by atoms with Gasteiger partial charge in [0.1, 0.15) is 4.70 Å². The highest BCUT2D eigenvalue weighted by Gasteiger charge is 2.14. The van der Waals surface area contributed by atoms with Crippen LogP contribution in [0.5, 0.6) is 0 Å². The first-order chi connectivity index (χ1) is 11.7. The number of hydrogen-bond acceptors (Lipinski definition) is 8. The minimum absolute atomic E-state index is 0.000345. The molecule has 0 radical (unpaired) electrons. The van der Waals surface area contributed by atoms with Gasteiger partial charge in [-0.15, -0.1) is 11.3 Å². The molecule has 0 saturated heterocycles. The highest BCUT2D eigenvalue weighted by Crippen LogP contribution is 2.26. The third kappa shape index (κ3) is 5.42. The lowest BCUT2D eigenvalue weighted by Crippen LogP contribution is -2.29. The molecule has 2 aromatic rings. The van der Waals surface area contributed by atoms with Crippen molar-refractivity contribution in [1.82, 2.24) is 0 Å². The molecule has 0 amide bonds. The number of fused-ring (bicyclic) bond motifs is 1. The Morgan fingerprint density at radius 1 is 1.12 bits per heavy atom. The van der Waals surface area contributed by atoms with Crippen LogP contribution in [0, 0.1) is 6.92 Å². The van der Waals surface area contributed by atoms with Crippen LogP contribution in [0.1, 0.15) is 5.56 Å². The molecule has 24 heavy (non-hydrogen) atoms. The lowest BCUT2D eigenvalue weighted by Gasteiger charge is -2.23. The van der Waals surface area contributed by atoms with Gasteiger partial charge in [-0.05, 0) is 12.3 Å². The van der Waals surface area contributed by atoms with E-state index in [-0.39, 0.29) is 18.6 Å². The van der Waals surface area contributed by atoms with E-state index in [0.717, 1.165) is 30.2 Å². The Balaban J connectivity index is 2.14. The molecule has 2 aromatic heterocycles. The molecular weight excluding hydrogens is 366 g/mol. The second-order valence-corrected chi connectivity index (χ2v) is 8.51. The molecule has 0 aromatic carbocycles. The van der Waals surface area contributed by atoms with E-state index in [1.807, 2.05) is 12.3 Å². The van der Waals surface area contributed by atoms with Crippen LogP contribution in [0.25, 0.3) is 10.3 Å². The molecule has 0 unspecified atom stereocenters. The predicted molar refractivity (Wildman–Crippen MR) is 106 cm³/mol. The standard InChI is InChI=1S/C16H23NO4S3/c1-12-11-24-16-13(20)10-14(21-15(12)16)17(2-6-22-8-4-18)3-7-23-9-5-19/h10-11,18-19H,2-9H2,1H3. The third-order valence-electron chi connectivity index (χ3n) is 3.40. The highest BCUT2D eigenvalue weighted by molar-refractivity contribution is 7.99. The molecule has 0 aliphatic carbocycles. The Hall–Kier alpha value is -0.670. The molecule has 134 valence electrons. The molecule has 0 spiro atoms. The number of thiophene rings is 1. The molecule has 2 rings (SSSR count). The average Bonchev–Trinajstić information content (AvgIpc) is 2.95. The first-order valence-corrected chi connectivity index (χ1v) is 11.0. The second kappa shape index (κ2) is 10.4. The van der Waals surface area contributed by atoms with Gasteiger partial charge in [0, 0.05) is 47.7 Å². The number of aryl methyl sites for hydroxylation is 1. The Bertz CT molecular complexity index is 674. The van der Waals surface area contributed by atoms with E-state index < -0.39 is 0 Å². The van der Waals surface area contributed by atoms with Crippen molar-refractivity contribution >= 4 is 51.0 Å². The van der Waals surface area contributed by atoms with E-state index >= 15 is 0 Å². The monoisotopic (exact) mass is 389 g/mol. The number of rotatable bonds is 11. The molecule has 8 heteroatoms. The van der Waals surface area contributed by atoms with Gasteiger partial charge in [-0.3, -0.25) is 4.79 Å². The van der Waals surface area contributed by atoms with Gasteiger partial charge in [0.2, 0.25) is 5.43 Å². The lowest BCUT2D eigenvalue weighted by atomic mass is 10.3. The van der Waals surface area contributed by atoms with Crippen LogP contribution in [0.4, 0.5) is 5.88 Å². The molecule has 0 aliphatic rings. The third-order valence-corrected chi connectivity index (χ3v) is 6.38. The molecule has 0 bridgehead atoms. The molecule has 0 fully saturated rings. The second-order valence-electron chi connectivity index (χ2n) is 5.18. The van der Waals surface area contributed by atoms with Crippen LogP contribution < -0.4 is 10.3 Å². The molecule has 0 aliphatic heterocycles. The zero-order valence-corrected chi connectivity index (χ0v) is 16.1. The molecule has 5 nitrogen and oxygen atoms in total. The smallest absolute Gasteiger partial charge is 0.204 e. The van der Waals surface area contributed by atoms with Crippen molar-refractivity contribution < 1.29 is 14.6 Å². The maximum atomic E-state index is 12.3. The van der Waals surface area contributed by atoms with Crippen LogP contribution in [0.3, 0.4) is 0 Å². The number of anilines is 1. The molecule has 0 saturated carbocycles. The summed E-state index contributed by atoms with van der Waals surface area (Å²) in [6.07, 6.45) is 0. The Morgan fingerprint density at radius 3 is 2.33 bits per heavy atom. The fourth-order valence-corrected chi connectivity index (χ4v) is 4.46. The summed E-state index contributed by atoms with van der Waals surface area (Å²) in [7, 11) is 0. The number of thioether (sulfide) groups is 2. The number of hydrogen-bond donors (Lipinski definition) is 2. The van der Waals surface area contributed by atoms with Gasteiger partial charge in [-0.2, -0.15) is 23.5 Å². The summed E-state index contributed by atoms with van der Waals surface area (Å²) < 4.78 is 6.68. The zero-order chi connectivity index (χ0) is 17.4. The molecule has 2 N–H and O–H groups in total. The van der Waals surface area contributed by atoms with Crippen molar-refractivity contribution in [3.63, 3.8) is 0 Å². The largest absolute Gasteiger partial charge is 0.439 e. The summed E-state index contributed by atoms with van der Waals surface area (Å²) in [6.45, 7) is 3.80. The van der Waals surface area contributed by atoms with Crippen LogP contribution >= 0.6 is 34.9 Å². The summed E-state index contributed by atoms with van der Waals surface area (Å²) in [5, 5.41) is 19.7.